The smallest absolute Gasteiger partial charge is 0.228 e. The van der Waals surface area contributed by atoms with E-state index in [1.165, 1.54) is 6.07 Å². The van der Waals surface area contributed by atoms with E-state index in [0.717, 1.165) is 49.8 Å². The Morgan fingerprint density at radius 1 is 1.15 bits per heavy atom. The van der Waals surface area contributed by atoms with Crippen LogP contribution in [-0.2, 0) is 4.79 Å². The van der Waals surface area contributed by atoms with Gasteiger partial charge in [0.25, 0.3) is 0 Å². The minimum Gasteiger partial charge on any atom is -0.357 e. The zero-order chi connectivity index (χ0) is 29.1. The van der Waals surface area contributed by atoms with Gasteiger partial charge in [-0.2, -0.15) is 5.26 Å². The Morgan fingerprint density at radius 3 is 2.71 bits per heavy atom. The van der Waals surface area contributed by atoms with E-state index in [-0.39, 0.29) is 16.8 Å². The van der Waals surface area contributed by atoms with E-state index in [4.69, 9.17) is 4.98 Å². The number of nitrogens with zero attached hydrogens (tertiary/aromatic N) is 5. The molecule has 4 aromatic rings. The molecule has 0 saturated carbocycles. The van der Waals surface area contributed by atoms with Gasteiger partial charge < -0.3 is 10.2 Å². The van der Waals surface area contributed by atoms with Crippen molar-refractivity contribution in [2.45, 2.75) is 46.5 Å². The lowest BCUT2D eigenvalue weighted by Gasteiger charge is -2.29. The molecule has 41 heavy (non-hydrogen) atoms. The van der Waals surface area contributed by atoms with Crippen LogP contribution in [0.3, 0.4) is 0 Å². The molecule has 3 heterocycles. The van der Waals surface area contributed by atoms with E-state index in [1.807, 2.05) is 12.1 Å². The second-order valence-electron chi connectivity index (χ2n) is 10.2. The van der Waals surface area contributed by atoms with Gasteiger partial charge >= 0.3 is 0 Å². The maximum atomic E-state index is 15.5. The van der Waals surface area contributed by atoms with E-state index in [0.29, 0.717) is 46.8 Å². The summed E-state index contributed by atoms with van der Waals surface area (Å²) >= 11 is 0. The predicted molar refractivity (Wildman–Crippen MR) is 158 cm³/mol. The number of rotatable bonds is 8. The number of piperidine rings is 1. The van der Waals surface area contributed by atoms with Gasteiger partial charge in [-0.1, -0.05) is 19.1 Å². The number of nitriles is 1. The second kappa shape index (κ2) is 11.9. The van der Waals surface area contributed by atoms with Crippen molar-refractivity contribution in [2.24, 2.45) is 0 Å². The van der Waals surface area contributed by atoms with Crippen molar-refractivity contribution in [1.82, 2.24) is 9.97 Å². The van der Waals surface area contributed by atoms with Crippen molar-refractivity contribution in [3.05, 3.63) is 71.4 Å². The number of hydrogen-bond donors (Lipinski definition) is 1. The van der Waals surface area contributed by atoms with E-state index in [1.54, 1.807) is 36.2 Å². The third-order valence-corrected chi connectivity index (χ3v) is 7.45. The summed E-state index contributed by atoms with van der Waals surface area (Å²) in [5.74, 6) is -0.429. The van der Waals surface area contributed by atoms with Gasteiger partial charge in [0, 0.05) is 61.6 Å². The molecule has 0 unspecified atom stereocenters. The zero-order valence-corrected chi connectivity index (χ0v) is 23.5. The van der Waals surface area contributed by atoms with Gasteiger partial charge in [0.1, 0.15) is 23.3 Å². The van der Waals surface area contributed by atoms with Crippen molar-refractivity contribution in [3.63, 3.8) is 0 Å². The topological polar surface area (TPSA) is 85.1 Å². The molecular formula is C32H32F2N6O. The summed E-state index contributed by atoms with van der Waals surface area (Å²) in [6, 6.07) is 13.3. The van der Waals surface area contributed by atoms with Crippen LogP contribution in [0.15, 0.2) is 48.7 Å². The minimum absolute atomic E-state index is 0.0626. The van der Waals surface area contributed by atoms with Crippen LogP contribution in [-0.4, -0.2) is 35.5 Å². The summed E-state index contributed by atoms with van der Waals surface area (Å²) in [6.45, 7) is 7.99. The molecule has 2 aromatic heterocycles. The molecule has 0 atom stereocenters. The van der Waals surface area contributed by atoms with Gasteiger partial charge in [-0.3, -0.25) is 9.69 Å². The molecule has 210 valence electrons. The van der Waals surface area contributed by atoms with Crippen molar-refractivity contribution >= 4 is 39.8 Å². The van der Waals surface area contributed by atoms with Crippen LogP contribution in [0.2, 0.25) is 0 Å². The highest BCUT2D eigenvalue weighted by Crippen LogP contribution is 2.40. The standard InChI is InChI=1S/C32H32F2N6O/c1-4-12-39(5-2)28-17-26(24(19-36-28)22-10-8-9-21(14-22)18-35)37-31-20(3)32(40-13-7-6-11-29(40)41)38-27-16-23(33)15-25(34)30(27)31/h8-10,14-17,19H,4-7,11-13H2,1-3H3,(H,36,37,38). The molecule has 1 saturated heterocycles. The Labute approximate surface area is 238 Å². The Bertz CT molecular complexity index is 1660. The molecule has 0 radical (unpaired) electrons. The molecule has 7 nitrogen and oxygen atoms in total. The fourth-order valence-electron chi connectivity index (χ4n) is 5.39. The first-order valence-corrected chi connectivity index (χ1v) is 14.0. The van der Waals surface area contributed by atoms with Gasteiger partial charge in [0.05, 0.1) is 33.9 Å². The van der Waals surface area contributed by atoms with Crippen LogP contribution in [0.25, 0.3) is 22.0 Å². The summed E-state index contributed by atoms with van der Waals surface area (Å²) in [5.41, 5.74) is 3.70. The van der Waals surface area contributed by atoms with Crippen LogP contribution in [0.1, 0.15) is 50.7 Å². The molecular weight excluding hydrogens is 522 g/mol. The van der Waals surface area contributed by atoms with Gasteiger partial charge in [-0.05, 0) is 50.8 Å². The van der Waals surface area contributed by atoms with Crippen LogP contribution in [0.4, 0.5) is 31.8 Å². The molecule has 1 amide bonds. The number of aromatic nitrogens is 2. The number of amides is 1. The van der Waals surface area contributed by atoms with Crippen LogP contribution in [0, 0.1) is 29.9 Å². The average molecular weight is 555 g/mol. The van der Waals surface area contributed by atoms with Crippen molar-refractivity contribution in [3.8, 4) is 17.2 Å². The van der Waals surface area contributed by atoms with E-state index >= 15 is 4.39 Å². The highest BCUT2D eigenvalue weighted by Gasteiger charge is 2.26. The lowest BCUT2D eigenvalue weighted by molar-refractivity contribution is -0.119. The van der Waals surface area contributed by atoms with Crippen LogP contribution in [0.5, 0.6) is 0 Å². The number of halogens is 2. The van der Waals surface area contributed by atoms with Crippen LogP contribution >= 0.6 is 0 Å². The van der Waals surface area contributed by atoms with E-state index in [9.17, 15) is 14.4 Å². The Morgan fingerprint density at radius 2 is 1.98 bits per heavy atom. The number of carbonyl (C=O) groups is 1. The number of pyridine rings is 2. The molecule has 0 aliphatic carbocycles. The van der Waals surface area contributed by atoms with Crippen molar-refractivity contribution in [1.29, 1.82) is 5.26 Å². The predicted octanol–water partition coefficient (Wildman–Crippen LogP) is 7.25. The quantitative estimate of drug-likeness (QED) is 0.247. The Kier molecular flexibility index (Phi) is 8.11. The van der Waals surface area contributed by atoms with E-state index in [2.05, 4.69) is 35.1 Å². The fraction of sp³-hybridized carbons (Fsp3) is 0.312. The van der Waals surface area contributed by atoms with Gasteiger partial charge in [-0.15, -0.1) is 0 Å². The van der Waals surface area contributed by atoms with Crippen molar-refractivity contribution < 1.29 is 13.6 Å². The molecule has 2 aromatic carbocycles. The number of benzene rings is 2. The average Bonchev–Trinajstić information content (AvgIpc) is 2.97. The highest BCUT2D eigenvalue weighted by atomic mass is 19.1. The van der Waals surface area contributed by atoms with Gasteiger partial charge in [0.2, 0.25) is 5.91 Å². The van der Waals surface area contributed by atoms with E-state index < -0.39 is 11.6 Å². The SMILES string of the molecule is CCCN(CC)c1cc(Nc2c(C)c(N3CCCCC3=O)nc3cc(F)cc(F)c23)c(-c2cccc(C#N)c2)cn1. The Balaban J connectivity index is 1.74. The molecule has 0 spiro atoms. The first-order chi connectivity index (χ1) is 19.8. The summed E-state index contributed by atoms with van der Waals surface area (Å²) < 4.78 is 29.9. The summed E-state index contributed by atoms with van der Waals surface area (Å²) in [7, 11) is 0. The summed E-state index contributed by atoms with van der Waals surface area (Å²) in [4.78, 5) is 26.0. The molecule has 1 aliphatic heterocycles. The molecule has 1 fully saturated rings. The maximum Gasteiger partial charge on any atom is 0.228 e. The third kappa shape index (κ3) is 5.55. The lowest BCUT2D eigenvalue weighted by atomic mass is 10.0. The Hall–Kier alpha value is -4.58. The largest absolute Gasteiger partial charge is 0.357 e. The van der Waals surface area contributed by atoms with Crippen molar-refractivity contribution in [2.75, 3.05) is 34.8 Å². The molecule has 1 aliphatic rings. The van der Waals surface area contributed by atoms with Gasteiger partial charge in [-0.25, -0.2) is 18.7 Å². The summed E-state index contributed by atoms with van der Waals surface area (Å²) in [6.07, 6.45) is 4.70. The number of carbonyl (C=O) groups excluding carboxylic acids is 1. The number of nitrogens with one attached hydrogen (secondary N) is 1. The zero-order valence-electron chi connectivity index (χ0n) is 23.5. The van der Waals surface area contributed by atoms with Gasteiger partial charge in [0.15, 0.2) is 0 Å². The number of anilines is 4. The molecule has 0 bridgehead atoms. The maximum absolute atomic E-state index is 15.5. The molecule has 5 rings (SSSR count). The fourth-order valence-corrected chi connectivity index (χ4v) is 5.39. The first kappa shape index (κ1) is 28.0. The summed E-state index contributed by atoms with van der Waals surface area (Å²) in [5, 5.41) is 13.1. The van der Waals surface area contributed by atoms with Crippen LogP contribution < -0.4 is 15.1 Å². The minimum atomic E-state index is -0.752. The molecule has 1 N–H and O–H groups in total. The second-order valence-corrected chi connectivity index (χ2v) is 10.2. The monoisotopic (exact) mass is 554 g/mol. The normalized spacial score (nSPS) is 13.4. The molecule has 9 heteroatoms. The highest BCUT2D eigenvalue weighted by molar-refractivity contribution is 6.02. The lowest BCUT2D eigenvalue weighted by Crippen LogP contribution is -2.36. The number of fused-ring (bicyclic) bond motifs is 1. The third-order valence-electron chi connectivity index (χ3n) is 7.45. The first-order valence-electron chi connectivity index (χ1n) is 14.0. The number of hydrogen-bond acceptors (Lipinski definition) is 6.